The maximum atomic E-state index is 13.4. The van der Waals surface area contributed by atoms with Crippen LogP contribution in [0.4, 0.5) is 5.69 Å². The summed E-state index contributed by atoms with van der Waals surface area (Å²) in [5.41, 5.74) is 3.42. The van der Waals surface area contributed by atoms with E-state index in [2.05, 4.69) is 17.5 Å². The van der Waals surface area contributed by atoms with Crippen LogP contribution in [0.2, 0.25) is 5.02 Å². The number of methoxy groups -OCH3 is 1. The molecule has 0 bridgehead atoms. The standard InChI is InChI=1S/C26H28ClN3O5S/c1-3-4-17-35-24-11-5-20(6-12-24)18-28-29-26(31)19-30(22-9-7-21(27)8-10-22)36(32,33)25-15-13-23(34-2)14-16-25/h5-16,18H,3-4,17,19H2,1-2H3,(H,29,31)/b28-18-. The molecule has 36 heavy (non-hydrogen) atoms. The number of nitrogens with zero attached hydrogens (tertiary/aromatic N) is 2. The van der Waals surface area contributed by atoms with Crippen LogP contribution in [0.25, 0.3) is 0 Å². The number of sulfonamides is 1. The molecule has 0 saturated heterocycles. The van der Waals surface area contributed by atoms with Crippen molar-refractivity contribution in [3.63, 3.8) is 0 Å². The van der Waals surface area contributed by atoms with Crippen LogP contribution < -0.4 is 19.2 Å². The van der Waals surface area contributed by atoms with Gasteiger partial charge in [0.15, 0.2) is 0 Å². The van der Waals surface area contributed by atoms with Crippen molar-refractivity contribution < 1.29 is 22.7 Å². The fourth-order valence-corrected chi connectivity index (χ4v) is 4.67. The van der Waals surface area contributed by atoms with Gasteiger partial charge in [-0.15, -0.1) is 0 Å². The zero-order valence-electron chi connectivity index (χ0n) is 20.1. The molecule has 1 amide bonds. The van der Waals surface area contributed by atoms with Gasteiger partial charge in [0, 0.05) is 5.02 Å². The minimum atomic E-state index is -4.07. The minimum absolute atomic E-state index is 0.01000. The quantitative estimate of drug-likeness (QED) is 0.205. The van der Waals surface area contributed by atoms with Gasteiger partial charge in [0.2, 0.25) is 0 Å². The SMILES string of the molecule is CCCCOc1ccc(/C=N\NC(=O)CN(c2ccc(Cl)cc2)S(=O)(=O)c2ccc(OC)cc2)cc1. The first-order chi connectivity index (χ1) is 17.3. The van der Waals surface area contributed by atoms with E-state index in [1.807, 2.05) is 24.3 Å². The number of amides is 1. The predicted octanol–water partition coefficient (Wildman–Crippen LogP) is 4.87. The fourth-order valence-electron chi connectivity index (χ4n) is 3.13. The number of carbonyl (C=O) groups is 1. The van der Waals surface area contributed by atoms with E-state index in [1.165, 1.54) is 49.7 Å². The predicted molar refractivity (Wildman–Crippen MR) is 142 cm³/mol. The van der Waals surface area contributed by atoms with Crippen molar-refractivity contribution in [1.82, 2.24) is 5.43 Å². The lowest BCUT2D eigenvalue weighted by Gasteiger charge is -2.23. The smallest absolute Gasteiger partial charge is 0.264 e. The van der Waals surface area contributed by atoms with Crippen LogP contribution in [-0.4, -0.2) is 40.8 Å². The summed E-state index contributed by atoms with van der Waals surface area (Å²) in [6, 6.07) is 19.4. The van der Waals surface area contributed by atoms with Crippen molar-refractivity contribution in [3.05, 3.63) is 83.4 Å². The summed E-state index contributed by atoms with van der Waals surface area (Å²) in [6.45, 7) is 2.27. The number of hydrogen-bond acceptors (Lipinski definition) is 6. The Morgan fingerprint density at radius 3 is 2.25 bits per heavy atom. The molecule has 0 aliphatic carbocycles. The highest BCUT2D eigenvalue weighted by Crippen LogP contribution is 2.26. The van der Waals surface area contributed by atoms with Crippen LogP contribution >= 0.6 is 11.6 Å². The van der Waals surface area contributed by atoms with Gasteiger partial charge in [0.1, 0.15) is 18.0 Å². The highest BCUT2D eigenvalue weighted by Gasteiger charge is 2.27. The van der Waals surface area contributed by atoms with Crippen LogP contribution in [0.1, 0.15) is 25.3 Å². The van der Waals surface area contributed by atoms with Gasteiger partial charge in [-0.25, -0.2) is 13.8 Å². The van der Waals surface area contributed by atoms with Gasteiger partial charge in [-0.1, -0.05) is 24.9 Å². The molecule has 10 heteroatoms. The number of anilines is 1. The highest BCUT2D eigenvalue weighted by molar-refractivity contribution is 7.92. The van der Waals surface area contributed by atoms with E-state index in [4.69, 9.17) is 21.1 Å². The zero-order valence-corrected chi connectivity index (χ0v) is 21.6. The molecule has 3 aromatic carbocycles. The summed E-state index contributed by atoms with van der Waals surface area (Å²) in [4.78, 5) is 12.7. The summed E-state index contributed by atoms with van der Waals surface area (Å²) < 4.78 is 38.5. The number of hydrazone groups is 1. The Morgan fingerprint density at radius 2 is 1.64 bits per heavy atom. The normalized spacial score (nSPS) is 11.3. The van der Waals surface area contributed by atoms with E-state index in [1.54, 1.807) is 12.1 Å². The third kappa shape index (κ3) is 7.47. The van der Waals surface area contributed by atoms with E-state index in [9.17, 15) is 13.2 Å². The van der Waals surface area contributed by atoms with Gasteiger partial charge < -0.3 is 9.47 Å². The first-order valence-corrected chi connectivity index (χ1v) is 13.1. The second-order valence-electron chi connectivity index (χ2n) is 7.73. The van der Waals surface area contributed by atoms with E-state index in [0.29, 0.717) is 17.4 Å². The Labute approximate surface area is 216 Å². The second-order valence-corrected chi connectivity index (χ2v) is 10.0. The molecule has 0 aliphatic heterocycles. The Kier molecular flexibility index (Phi) is 9.72. The monoisotopic (exact) mass is 529 g/mol. The summed E-state index contributed by atoms with van der Waals surface area (Å²) in [6.07, 6.45) is 3.51. The number of ether oxygens (including phenoxy) is 2. The maximum Gasteiger partial charge on any atom is 0.264 e. The Bertz CT molecular complexity index is 1260. The summed E-state index contributed by atoms with van der Waals surface area (Å²) >= 11 is 5.97. The molecule has 0 aromatic heterocycles. The van der Waals surface area contributed by atoms with E-state index < -0.39 is 22.5 Å². The second kappa shape index (κ2) is 12.9. The topological polar surface area (TPSA) is 97.3 Å². The molecule has 0 saturated carbocycles. The number of carbonyl (C=O) groups excluding carboxylic acids is 1. The molecule has 0 atom stereocenters. The van der Waals surface area contributed by atoms with Gasteiger partial charge in [-0.3, -0.25) is 9.10 Å². The largest absolute Gasteiger partial charge is 0.497 e. The molecule has 0 unspecified atom stereocenters. The van der Waals surface area contributed by atoms with Gasteiger partial charge in [0.05, 0.1) is 30.5 Å². The van der Waals surface area contributed by atoms with E-state index in [-0.39, 0.29) is 10.6 Å². The molecule has 0 spiro atoms. The van der Waals surface area contributed by atoms with Crippen LogP contribution in [0.15, 0.2) is 82.8 Å². The lowest BCUT2D eigenvalue weighted by Crippen LogP contribution is -2.39. The van der Waals surface area contributed by atoms with Crippen molar-refractivity contribution in [3.8, 4) is 11.5 Å². The van der Waals surface area contributed by atoms with E-state index in [0.717, 1.165) is 28.5 Å². The fraction of sp³-hybridized carbons (Fsp3) is 0.231. The molecular formula is C26H28ClN3O5S. The maximum absolute atomic E-state index is 13.4. The zero-order chi connectivity index (χ0) is 26.0. The van der Waals surface area contributed by atoms with Crippen LogP contribution in [0.3, 0.4) is 0 Å². The Balaban J connectivity index is 1.72. The van der Waals surface area contributed by atoms with E-state index >= 15 is 0 Å². The number of unbranched alkanes of at least 4 members (excludes halogenated alkanes) is 1. The third-order valence-corrected chi connectivity index (χ3v) is 7.14. The molecule has 0 fully saturated rings. The number of benzene rings is 3. The van der Waals surface area contributed by atoms with Gasteiger partial charge in [0.25, 0.3) is 15.9 Å². The van der Waals surface area contributed by atoms with Crippen LogP contribution in [0.5, 0.6) is 11.5 Å². The first kappa shape index (κ1) is 27.0. The number of rotatable bonds is 12. The number of hydrogen-bond donors (Lipinski definition) is 1. The van der Waals surface area contributed by atoms with Crippen molar-refractivity contribution in [2.75, 3.05) is 24.6 Å². The molecule has 190 valence electrons. The molecule has 0 heterocycles. The summed E-state index contributed by atoms with van der Waals surface area (Å²) in [5.74, 6) is 0.657. The highest BCUT2D eigenvalue weighted by atomic mass is 35.5. The lowest BCUT2D eigenvalue weighted by atomic mass is 10.2. The average molecular weight is 530 g/mol. The summed E-state index contributed by atoms with van der Waals surface area (Å²) in [5, 5.41) is 4.40. The molecule has 3 aromatic rings. The Morgan fingerprint density at radius 1 is 1.00 bits per heavy atom. The van der Waals surface area contributed by atoms with Gasteiger partial charge in [-0.2, -0.15) is 5.10 Å². The molecule has 1 N–H and O–H groups in total. The first-order valence-electron chi connectivity index (χ1n) is 11.3. The van der Waals surface area contributed by atoms with Crippen molar-refractivity contribution in [1.29, 1.82) is 0 Å². The average Bonchev–Trinajstić information content (AvgIpc) is 2.89. The van der Waals surface area contributed by atoms with Crippen LogP contribution in [0, 0.1) is 0 Å². The third-order valence-electron chi connectivity index (χ3n) is 5.10. The van der Waals surface area contributed by atoms with Gasteiger partial charge in [-0.05, 0) is 84.8 Å². The summed E-state index contributed by atoms with van der Waals surface area (Å²) in [7, 11) is -2.58. The molecule has 3 rings (SSSR count). The molecule has 8 nitrogen and oxygen atoms in total. The van der Waals surface area contributed by atoms with Crippen LogP contribution in [-0.2, 0) is 14.8 Å². The van der Waals surface area contributed by atoms with Crippen molar-refractivity contribution in [2.24, 2.45) is 5.10 Å². The number of halogens is 1. The molecule has 0 aliphatic rings. The van der Waals surface area contributed by atoms with Gasteiger partial charge >= 0.3 is 0 Å². The minimum Gasteiger partial charge on any atom is -0.497 e. The van der Waals surface area contributed by atoms with Crippen molar-refractivity contribution in [2.45, 2.75) is 24.7 Å². The molecular weight excluding hydrogens is 502 g/mol. The lowest BCUT2D eigenvalue weighted by molar-refractivity contribution is -0.119. The molecule has 0 radical (unpaired) electrons. The number of nitrogens with one attached hydrogen (secondary N) is 1. The Hall–Kier alpha value is -3.56. The van der Waals surface area contributed by atoms with Crippen molar-refractivity contribution >= 4 is 39.4 Å².